The number of rotatable bonds is 2. The minimum Gasteiger partial charge on any atom is -0.474 e. The number of aromatic nitrogens is 2. The summed E-state index contributed by atoms with van der Waals surface area (Å²) in [6.45, 7) is 0. The maximum atomic E-state index is 12.9. The third-order valence-electron chi connectivity index (χ3n) is 1.79. The first-order valence-corrected chi connectivity index (χ1v) is 4.48. The summed E-state index contributed by atoms with van der Waals surface area (Å²) in [5.41, 5.74) is 0.377. The number of hydrogen-bond donors (Lipinski definition) is 1. The average molecular weight is 243 g/mol. The highest BCUT2D eigenvalue weighted by atomic mass is 35.5. The summed E-state index contributed by atoms with van der Waals surface area (Å²) < 4.78 is 17.3. The summed E-state index contributed by atoms with van der Waals surface area (Å²) >= 11 is 5.56. The van der Waals surface area contributed by atoms with Crippen molar-refractivity contribution in [2.24, 2.45) is 0 Å². The van der Waals surface area contributed by atoms with Gasteiger partial charge in [0.05, 0.1) is 5.02 Å². The SMILES string of the molecule is O=C(O)c1nc(-c2ccc(F)c(Cl)c2)no1. The number of hydrogen-bond acceptors (Lipinski definition) is 4. The minimum absolute atomic E-state index is 0.0410. The van der Waals surface area contributed by atoms with Crippen LogP contribution in [0.3, 0.4) is 0 Å². The number of carbonyl (C=O) groups is 1. The fourth-order valence-corrected chi connectivity index (χ4v) is 1.24. The predicted molar refractivity (Wildman–Crippen MR) is 51.7 cm³/mol. The van der Waals surface area contributed by atoms with Crippen molar-refractivity contribution in [1.29, 1.82) is 0 Å². The van der Waals surface area contributed by atoms with Crippen LogP contribution in [0.25, 0.3) is 11.4 Å². The molecule has 0 aliphatic rings. The Hall–Kier alpha value is -1.95. The topological polar surface area (TPSA) is 76.2 Å². The lowest BCUT2D eigenvalue weighted by Crippen LogP contribution is -1.95. The Balaban J connectivity index is 2.42. The second-order valence-electron chi connectivity index (χ2n) is 2.86. The molecule has 5 nitrogen and oxygen atoms in total. The quantitative estimate of drug-likeness (QED) is 0.874. The predicted octanol–water partition coefficient (Wildman–Crippen LogP) is 2.23. The van der Waals surface area contributed by atoms with Gasteiger partial charge in [-0.15, -0.1) is 0 Å². The number of carboxylic acid groups (broad SMARTS) is 1. The number of nitrogens with zero attached hydrogens (tertiary/aromatic N) is 2. The number of carboxylic acids is 1. The molecule has 0 saturated heterocycles. The molecule has 82 valence electrons. The summed E-state index contributed by atoms with van der Waals surface area (Å²) in [6.07, 6.45) is 0. The lowest BCUT2D eigenvalue weighted by atomic mass is 10.2. The summed E-state index contributed by atoms with van der Waals surface area (Å²) in [4.78, 5) is 14.1. The second-order valence-corrected chi connectivity index (χ2v) is 3.26. The van der Waals surface area contributed by atoms with Gasteiger partial charge < -0.3 is 9.63 Å². The van der Waals surface area contributed by atoms with Crippen LogP contribution < -0.4 is 0 Å². The molecule has 0 aliphatic heterocycles. The van der Waals surface area contributed by atoms with Gasteiger partial charge in [-0.3, -0.25) is 0 Å². The van der Waals surface area contributed by atoms with Gasteiger partial charge in [0.25, 0.3) is 0 Å². The molecule has 0 atom stereocenters. The standard InChI is InChI=1S/C9H4ClFN2O3/c10-5-3-4(1-2-6(5)11)7-12-8(9(14)15)16-13-7/h1-3H,(H,14,15). The van der Waals surface area contributed by atoms with E-state index in [9.17, 15) is 9.18 Å². The van der Waals surface area contributed by atoms with Crippen molar-refractivity contribution in [2.75, 3.05) is 0 Å². The van der Waals surface area contributed by atoms with Gasteiger partial charge in [-0.2, -0.15) is 4.98 Å². The molecule has 0 bridgehead atoms. The van der Waals surface area contributed by atoms with Crippen molar-refractivity contribution in [2.45, 2.75) is 0 Å². The summed E-state index contributed by atoms with van der Waals surface area (Å²) in [7, 11) is 0. The molecule has 2 aromatic rings. The molecule has 2 rings (SSSR count). The molecule has 1 N–H and O–H groups in total. The van der Waals surface area contributed by atoms with Crippen LogP contribution in [0.4, 0.5) is 4.39 Å². The average Bonchev–Trinajstić information content (AvgIpc) is 2.71. The van der Waals surface area contributed by atoms with Gasteiger partial charge in [-0.1, -0.05) is 16.8 Å². The number of halogens is 2. The maximum absolute atomic E-state index is 12.9. The molecular formula is C9H4ClFN2O3. The van der Waals surface area contributed by atoms with Gasteiger partial charge in [-0.05, 0) is 18.2 Å². The molecule has 0 radical (unpaired) electrons. The van der Waals surface area contributed by atoms with E-state index in [-0.39, 0.29) is 10.8 Å². The zero-order chi connectivity index (χ0) is 11.7. The molecular weight excluding hydrogens is 239 g/mol. The second kappa shape index (κ2) is 3.90. The number of benzene rings is 1. The summed E-state index contributed by atoms with van der Waals surface area (Å²) in [5.74, 6) is -2.39. The van der Waals surface area contributed by atoms with Crippen LogP contribution in [-0.4, -0.2) is 21.2 Å². The highest BCUT2D eigenvalue weighted by Crippen LogP contribution is 2.22. The normalized spacial score (nSPS) is 10.4. The highest BCUT2D eigenvalue weighted by molar-refractivity contribution is 6.31. The van der Waals surface area contributed by atoms with Crippen molar-refractivity contribution in [1.82, 2.24) is 10.1 Å². The molecule has 0 aliphatic carbocycles. The van der Waals surface area contributed by atoms with Gasteiger partial charge in [0.15, 0.2) is 0 Å². The van der Waals surface area contributed by atoms with Crippen LogP contribution in [0.2, 0.25) is 5.02 Å². The molecule has 0 unspecified atom stereocenters. The van der Waals surface area contributed by atoms with E-state index in [0.29, 0.717) is 5.56 Å². The highest BCUT2D eigenvalue weighted by Gasteiger charge is 2.15. The Bertz CT molecular complexity index is 555. The largest absolute Gasteiger partial charge is 0.474 e. The first-order valence-electron chi connectivity index (χ1n) is 4.10. The first-order chi connectivity index (χ1) is 7.58. The lowest BCUT2D eigenvalue weighted by Gasteiger charge is -1.96. The summed E-state index contributed by atoms with van der Waals surface area (Å²) in [6, 6.07) is 3.79. The van der Waals surface area contributed by atoms with Crippen molar-refractivity contribution in [3.63, 3.8) is 0 Å². The Morgan fingerprint density at radius 3 is 2.81 bits per heavy atom. The van der Waals surface area contributed by atoms with Gasteiger partial charge in [0.1, 0.15) is 5.82 Å². The van der Waals surface area contributed by atoms with Crippen LogP contribution in [0, 0.1) is 5.82 Å². The molecule has 1 aromatic heterocycles. The van der Waals surface area contributed by atoms with E-state index in [4.69, 9.17) is 16.7 Å². The Kier molecular flexibility index (Phi) is 2.57. The van der Waals surface area contributed by atoms with Gasteiger partial charge in [0, 0.05) is 5.56 Å². The van der Waals surface area contributed by atoms with E-state index >= 15 is 0 Å². The molecule has 0 fully saturated rings. The molecule has 0 amide bonds. The van der Waals surface area contributed by atoms with E-state index in [1.54, 1.807) is 0 Å². The fourth-order valence-electron chi connectivity index (χ4n) is 1.06. The zero-order valence-corrected chi connectivity index (χ0v) is 8.40. The van der Waals surface area contributed by atoms with Crippen LogP contribution in [0.1, 0.15) is 10.7 Å². The van der Waals surface area contributed by atoms with Crippen molar-refractivity contribution >= 4 is 17.6 Å². The van der Waals surface area contributed by atoms with Gasteiger partial charge in [0.2, 0.25) is 5.82 Å². The number of aromatic carboxylic acids is 1. The third kappa shape index (κ3) is 1.87. The smallest absolute Gasteiger partial charge is 0.394 e. The van der Waals surface area contributed by atoms with Crippen molar-refractivity contribution in [3.8, 4) is 11.4 Å². The zero-order valence-electron chi connectivity index (χ0n) is 7.65. The van der Waals surface area contributed by atoms with Gasteiger partial charge >= 0.3 is 11.9 Å². The molecule has 7 heteroatoms. The Morgan fingerprint density at radius 2 is 2.25 bits per heavy atom. The third-order valence-corrected chi connectivity index (χ3v) is 2.08. The van der Waals surface area contributed by atoms with Crippen LogP contribution >= 0.6 is 11.6 Å². The Morgan fingerprint density at radius 1 is 1.50 bits per heavy atom. The lowest BCUT2D eigenvalue weighted by molar-refractivity contribution is 0.0643. The van der Waals surface area contributed by atoms with E-state index in [2.05, 4.69) is 14.7 Å². The van der Waals surface area contributed by atoms with Crippen molar-refractivity contribution < 1.29 is 18.8 Å². The van der Waals surface area contributed by atoms with Crippen LogP contribution in [0.15, 0.2) is 22.7 Å². The van der Waals surface area contributed by atoms with Crippen LogP contribution in [-0.2, 0) is 0 Å². The van der Waals surface area contributed by atoms with Crippen LogP contribution in [0.5, 0.6) is 0 Å². The molecule has 1 heterocycles. The van der Waals surface area contributed by atoms with E-state index < -0.39 is 17.7 Å². The monoisotopic (exact) mass is 242 g/mol. The first kappa shape index (κ1) is 10.6. The minimum atomic E-state index is -1.33. The van der Waals surface area contributed by atoms with Crippen molar-refractivity contribution in [3.05, 3.63) is 34.9 Å². The molecule has 0 saturated carbocycles. The molecule has 0 spiro atoms. The summed E-state index contributed by atoms with van der Waals surface area (Å²) in [5, 5.41) is 11.9. The van der Waals surface area contributed by atoms with E-state index in [1.165, 1.54) is 12.1 Å². The molecule has 1 aromatic carbocycles. The maximum Gasteiger partial charge on any atom is 0.394 e. The van der Waals surface area contributed by atoms with Gasteiger partial charge in [-0.25, -0.2) is 9.18 Å². The fraction of sp³-hybridized carbons (Fsp3) is 0. The van der Waals surface area contributed by atoms with E-state index in [1.807, 2.05) is 0 Å². The molecule has 16 heavy (non-hydrogen) atoms. The Labute approximate surface area is 93.5 Å². The van der Waals surface area contributed by atoms with E-state index in [0.717, 1.165) is 6.07 Å².